The Kier molecular flexibility index (Phi) is 5.55. The van der Waals surface area contributed by atoms with Gasteiger partial charge in [0.05, 0.1) is 17.7 Å². The number of esters is 1. The quantitative estimate of drug-likeness (QED) is 0.306. The summed E-state index contributed by atoms with van der Waals surface area (Å²) in [5.74, 6) is 0.637. The van der Waals surface area contributed by atoms with Gasteiger partial charge in [-0.25, -0.2) is 4.79 Å². The Morgan fingerprint density at radius 1 is 1.07 bits per heavy atom. The van der Waals surface area contributed by atoms with Crippen LogP contribution in [0.5, 0.6) is 17.2 Å². The van der Waals surface area contributed by atoms with Gasteiger partial charge in [-0.2, -0.15) is 0 Å². The Morgan fingerprint density at radius 3 is 2.70 bits per heavy atom. The zero-order valence-electron chi connectivity index (χ0n) is 16.1. The van der Waals surface area contributed by atoms with Crippen LogP contribution in [0.4, 0.5) is 0 Å². The van der Waals surface area contributed by atoms with Crippen LogP contribution in [-0.4, -0.2) is 18.4 Å². The fourth-order valence-electron chi connectivity index (χ4n) is 3.04. The van der Waals surface area contributed by atoms with Gasteiger partial charge in [0.1, 0.15) is 17.2 Å². The summed E-state index contributed by atoms with van der Waals surface area (Å²) in [7, 11) is 0. The highest BCUT2D eigenvalue weighted by molar-refractivity contribution is 6.30. The normalized spacial score (nSPS) is 13.7. The van der Waals surface area contributed by atoms with Crippen LogP contribution in [0.2, 0.25) is 5.02 Å². The van der Waals surface area contributed by atoms with Crippen LogP contribution >= 0.6 is 11.6 Å². The van der Waals surface area contributed by atoms with Crippen LogP contribution < -0.4 is 14.2 Å². The lowest BCUT2D eigenvalue weighted by Crippen LogP contribution is -2.08. The van der Waals surface area contributed by atoms with E-state index in [2.05, 4.69) is 0 Å². The molecule has 0 unspecified atom stereocenters. The van der Waals surface area contributed by atoms with Gasteiger partial charge in [0, 0.05) is 16.7 Å². The third kappa shape index (κ3) is 4.07. The van der Waals surface area contributed by atoms with Gasteiger partial charge >= 0.3 is 5.97 Å². The monoisotopic (exact) mass is 420 g/mol. The summed E-state index contributed by atoms with van der Waals surface area (Å²) in [4.78, 5) is 25.0. The number of para-hydroxylation sites is 1. The van der Waals surface area contributed by atoms with E-state index in [0.717, 1.165) is 5.56 Å². The molecule has 3 aromatic carbocycles. The highest BCUT2D eigenvalue weighted by Crippen LogP contribution is 2.36. The average molecular weight is 421 g/mol. The third-order valence-electron chi connectivity index (χ3n) is 4.42. The summed E-state index contributed by atoms with van der Waals surface area (Å²) < 4.78 is 16.7. The first kappa shape index (κ1) is 19.7. The molecule has 0 saturated heterocycles. The van der Waals surface area contributed by atoms with E-state index < -0.39 is 5.97 Å². The molecular formula is C24H17ClO5. The Bertz CT molecular complexity index is 1170. The van der Waals surface area contributed by atoms with Gasteiger partial charge in [0.25, 0.3) is 0 Å². The molecule has 30 heavy (non-hydrogen) atoms. The lowest BCUT2D eigenvalue weighted by molar-refractivity contribution is 0.0734. The van der Waals surface area contributed by atoms with E-state index in [0.29, 0.717) is 34.3 Å². The minimum absolute atomic E-state index is 0.176. The second-order valence-electron chi connectivity index (χ2n) is 6.47. The zero-order valence-corrected chi connectivity index (χ0v) is 16.8. The molecular weight excluding hydrogens is 404 g/mol. The van der Waals surface area contributed by atoms with Crippen molar-refractivity contribution in [2.45, 2.75) is 6.92 Å². The number of carbonyl (C=O) groups is 2. The Labute approximate surface area is 178 Å². The first-order valence-electron chi connectivity index (χ1n) is 9.33. The maximum atomic E-state index is 12.7. The number of carbonyl (C=O) groups excluding carboxylic acids is 2. The second kappa shape index (κ2) is 8.43. The van der Waals surface area contributed by atoms with E-state index in [1.54, 1.807) is 36.4 Å². The van der Waals surface area contributed by atoms with E-state index in [9.17, 15) is 9.59 Å². The highest BCUT2D eigenvalue weighted by Gasteiger charge is 2.28. The van der Waals surface area contributed by atoms with Gasteiger partial charge in [0.2, 0.25) is 5.78 Å². The fraction of sp³-hybridized carbons (Fsp3) is 0.0833. The van der Waals surface area contributed by atoms with Crippen molar-refractivity contribution in [3.63, 3.8) is 0 Å². The molecule has 6 heteroatoms. The van der Waals surface area contributed by atoms with Crippen molar-refractivity contribution >= 4 is 29.4 Å². The topological polar surface area (TPSA) is 61.8 Å². The van der Waals surface area contributed by atoms with Crippen LogP contribution in [-0.2, 0) is 0 Å². The second-order valence-corrected chi connectivity index (χ2v) is 6.90. The number of halogens is 1. The summed E-state index contributed by atoms with van der Waals surface area (Å²) in [6.45, 7) is 2.40. The van der Waals surface area contributed by atoms with Crippen molar-refractivity contribution in [2.24, 2.45) is 0 Å². The van der Waals surface area contributed by atoms with Crippen LogP contribution in [0.3, 0.4) is 0 Å². The zero-order chi connectivity index (χ0) is 21.1. The minimum Gasteiger partial charge on any atom is -0.493 e. The smallest absolute Gasteiger partial charge is 0.343 e. The fourth-order valence-corrected chi connectivity index (χ4v) is 3.23. The lowest BCUT2D eigenvalue weighted by atomic mass is 10.1. The van der Waals surface area contributed by atoms with E-state index in [1.165, 1.54) is 12.1 Å². The molecule has 0 radical (unpaired) electrons. The maximum absolute atomic E-state index is 12.7. The van der Waals surface area contributed by atoms with E-state index in [-0.39, 0.29) is 17.3 Å². The number of benzene rings is 3. The van der Waals surface area contributed by atoms with Gasteiger partial charge in [0.15, 0.2) is 5.76 Å². The number of allylic oxidation sites excluding steroid dienone is 1. The summed E-state index contributed by atoms with van der Waals surface area (Å²) in [6.07, 6.45) is 1.64. The number of hydrogen-bond donors (Lipinski definition) is 0. The molecule has 0 fully saturated rings. The first-order chi connectivity index (χ1) is 14.5. The Morgan fingerprint density at radius 2 is 1.90 bits per heavy atom. The van der Waals surface area contributed by atoms with Crippen molar-refractivity contribution in [1.29, 1.82) is 0 Å². The molecule has 1 heterocycles. The molecule has 0 spiro atoms. The molecule has 0 saturated carbocycles. The molecule has 1 aliphatic rings. The maximum Gasteiger partial charge on any atom is 0.343 e. The van der Waals surface area contributed by atoms with Crippen molar-refractivity contribution in [1.82, 2.24) is 0 Å². The largest absolute Gasteiger partial charge is 0.493 e. The highest BCUT2D eigenvalue weighted by atomic mass is 35.5. The van der Waals surface area contributed by atoms with Crippen molar-refractivity contribution in [3.05, 3.63) is 94.2 Å². The summed E-state index contributed by atoms with van der Waals surface area (Å²) in [6, 6.07) is 18.5. The molecule has 0 bridgehead atoms. The molecule has 4 rings (SSSR count). The number of rotatable bonds is 5. The number of Topliss-reactive ketones (excluding diaryl/α,β-unsaturated/α-hetero) is 1. The van der Waals surface area contributed by atoms with Gasteiger partial charge in [-0.3, -0.25) is 4.79 Å². The molecule has 0 aliphatic carbocycles. The standard InChI is InChI=1S/C24H17ClO5/c1-2-28-20-9-4-3-6-15(20)13-22-23(26)19-11-10-18(14-21(19)30-22)29-24(27)16-7-5-8-17(25)12-16/h3-14H,2H2,1H3/b22-13-. The number of fused-ring (bicyclic) bond motifs is 1. The van der Waals surface area contributed by atoms with Gasteiger partial charge in [-0.05, 0) is 49.4 Å². The van der Waals surface area contributed by atoms with Crippen molar-refractivity contribution < 1.29 is 23.8 Å². The lowest BCUT2D eigenvalue weighted by Gasteiger charge is -2.07. The molecule has 0 aromatic heterocycles. The molecule has 0 amide bonds. The van der Waals surface area contributed by atoms with Gasteiger partial charge < -0.3 is 14.2 Å². The molecule has 0 N–H and O–H groups in total. The molecule has 1 aliphatic heterocycles. The van der Waals surface area contributed by atoms with Crippen molar-refractivity contribution in [3.8, 4) is 17.2 Å². The van der Waals surface area contributed by atoms with Crippen LogP contribution in [0.1, 0.15) is 33.2 Å². The van der Waals surface area contributed by atoms with Gasteiger partial charge in [-0.1, -0.05) is 35.9 Å². The van der Waals surface area contributed by atoms with Crippen LogP contribution in [0, 0.1) is 0 Å². The summed E-state index contributed by atoms with van der Waals surface area (Å²) >= 11 is 5.92. The number of ether oxygens (including phenoxy) is 3. The molecule has 3 aromatic rings. The third-order valence-corrected chi connectivity index (χ3v) is 4.65. The van der Waals surface area contributed by atoms with E-state index >= 15 is 0 Å². The first-order valence-corrected chi connectivity index (χ1v) is 9.71. The summed E-state index contributed by atoms with van der Waals surface area (Å²) in [5.41, 5.74) is 1.47. The average Bonchev–Trinajstić information content (AvgIpc) is 3.04. The van der Waals surface area contributed by atoms with E-state index in [1.807, 2.05) is 31.2 Å². The van der Waals surface area contributed by atoms with Crippen LogP contribution in [0.15, 0.2) is 72.5 Å². The van der Waals surface area contributed by atoms with Gasteiger partial charge in [-0.15, -0.1) is 0 Å². The molecule has 5 nitrogen and oxygen atoms in total. The van der Waals surface area contributed by atoms with E-state index in [4.69, 9.17) is 25.8 Å². The predicted molar refractivity (Wildman–Crippen MR) is 113 cm³/mol. The SMILES string of the molecule is CCOc1ccccc1/C=C1\Oc2cc(OC(=O)c3cccc(Cl)c3)ccc2C1=O. The Balaban J connectivity index is 1.56. The minimum atomic E-state index is -0.553. The van der Waals surface area contributed by atoms with Crippen molar-refractivity contribution in [2.75, 3.05) is 6.61 Å². The molecule has 0 atom stereocenters. The van der Waals surface area contributed by atoms with Crippen LogP contribution in [0.25, 0.3) is 6.08 Å². The molecule has 150 valence electrons. The Hall–Kier alpha value is -3.57. The summed E-state index contributed by atoms with van der Waals surface area (Å²) in [5, 5.41) is 0.439. The number of hydrogen-bond acceptors (Lipinski definition) is 5. The number of ketones is 1. The predicted octanol–water partition coefficient (Wildman–Crippen LogP) is 5.57.